The second-order valence-electron chi connectivity index (χ2n) is 8.36. The lowest BCUT2D eigenvalue weighted by Gasteiger charge is -2.22. The second kappa shape index (κ2) is 16.0. The molecule has 0 aliphatic carbocycles. The van der Waals surface area contributed by atoms with Crippen molar-refractivity contribution in [1.29, 1.82) is 0 Å². The van der Waals surface area contributed by atoms with Gasteiger partial charge in [-0.1, -0.05) is 105 Å². The van der Waals surface area contributed by atoms with Crippen LogP contribution in [0.3, 0.4) is 0 Å². The minimum Gasteiger partial charge on any atom is -0.483 e. The molecule has 4 aromatic rings. The molecular formula is C32H35NO5. The van der Waals surface area contributed by atoms with E-state index in [1.54, 1.807) is 10.8 Å². The molecule has 0 spiro atoms. The SMILES string of the molecule is CC.O=Cc1c(OCc2ccccc2)c(=O)ccn1CC(COCc1ccccc1)OCc1ccccc1. The summed E-state index contributed by atoms with van der Waals surface area (Å²) in [6, 6.07) is 30.7. The standard InChI is InChI=1S/C30H29NO5.C2H6/c32-19-28-30(36-22-26-14-8-3-9-15-26)29(33)16-17-31(28)18-27(35-21-25-12-6-2-7-13-25)23-34-20-24-10-4-1-5-11-24;1-2/h1-17,19,27H,18,20-23H2;1-2H3. The van der Waals surface area contributed by atoms with Crippen molar-refractivity contribution in [3.8, 4) is 5.75 Å². The van der Waals surface area contributed by atoms with Crippen molar-refractivity contribution >= 4 is 6.29 Å². The molecular weight excluding hydrogens is 478 g/mol. The molecule has 0 amide bonds. The highest BCUT2D eigenvalue weighted by Crippen LogP contribution is 2.16. The molecule has 38 heavy (non-hydrogen) atoms. The number of hydrogen-bond donors (Lipinski definition) is 0. The van der Waals surface area contributed by atoms with E-state index in [1.807, 2.05) is 105 Å². The van der Waals surface area contributed by atoms with Crippen molar-refractivity contribution in [3.63, 3.8) is 0 Å². The highest BCUT2D eigenvalue weighted by molar-refractivity contribution is 5.76. The maximum absolute atomic E-state index is 12.5. The molecule has 0 bridgehead atoms. The molecule has 1 aromatic heterocycles. The summed E-state index contributed by atoms with van der Waals surface area (Å²) < 4.78 is 19.6. The van der Waals surface area contributed by atoms with E-state index in [0.717, 1.165) is 16.7 Å². The number of benzene rings is 3. The van der Waals surface area contributed by atoms with Gasteiger partial charge in [0.15, 0.2) is 12.0 Å². The van der Waals surface area contributed by atoms with Gasteiger partial charge < -0.3 is 18.8 Å². The van der Waals surface area contributed by atoms with Gasteiger partial charge in [-0.3, -0.25) is 9.59 Å². The minimum atomic E-state index is -0.364. The highest BCUT2D eigenvalue weighted by atomic mass is 16.5. The van der Waals surface area contributed by atoms with Crippen LogP contribution < -0.4 is 10.2 Å². The number of carbonyl (C=O) groups is 1. The molecule has 0 radical (unpaired) electrons. The summed E-state index contributed by atoms with van der Waals surface area (Å²) in [5.41, 5.74) is 2.84. The Bertz CT molecular complexity index is 1270. The Balaban J connectivity index is 0.00000195. The average molecular weight is 514 g/mol. The van der Waals surface area contributed by atoms with Crippen LogP contribution in [-0.2, 0) is 35.8 Å². The molecule has 1 heterocycles. The first-order valence-corrected chi connectivity index (χ1v) is 12.9. The van der Waals surface area contributed by atoms with Crippen LogP contribution in [0.4, 0.5) is 0 Å². The average Bonchev–Trinajstić information content (AvgIpc) is 2.98. The van der Waals surface area contributed by atoms with Gasteiger partial charge in [0.2, 0.25) is 5.43 Å². The molecule has 0 saturated carbocycles. The first-order chi connectivity index (χ1) is 18.7. The Morgan fingerprint density at radius 2 is 1.26 bits per heavy atom. The van der Waals surface area contributed by atoms with Crippen molar-refractivity contribution in [2.24, 2.45) is 0 Å². The van der Waals surface area contributed by atoms with Crippen molar-refractivity contribution < 1.29 is 19.0 Å². The predicted octanol–water partition coefficient (Wildman–Crippen LogP) is 6.07. The molecule has 1 unspecified atom stereocenters. The van der Waals surface area contributed by atoms with Crippen molar-refractivity contribution in [1.82, 2.24) is 4.57 Å². The fraction of sp³-hybridized carbons (Fsp3) is 0.250. The van der Waals surface area contributed by atoms with Gasteiger partial charge in [0.1, 0.15) is 12.3 Å². The number of aldehydes is 1. The van der Waals surface area contributed by atoms with E-state index in [4.69, 9.17) is 14.2 Å². The number of hydrogen-bond acceptors (Lipinski definition) is 5. The van der Waals surface area contributed by atoms with Crippen LogP contribution in [0, 0.1) is 0 Å². The number of rotatable bonds is 13. The van der Waals surface area contributed by atoms with Gasteiger partial charge in [-0.15, -0.1) is 0 Å². The van der Waals surface area contributed by atoms with Crippen molar-refractivity contribution in [2.75, 3.05) is 6.61 Å². The van der Waals surface area contributed by atoms with E-state index in [-0.39, 0.29) is 29.6 Å². The topological polar surface area (TPSA) is 66.8 Å². The summed E-state index contributed by atoms with van der Waals surface area (Å²) >= 11 is 0. The number of ether oxygens (including phenoxy) is 3. The Hall–Kier alpha value is -4.00. The molecule has 0 aliphatic rings. The second-order valence-corrected chi connectivity index (χ2v) is 8.36. The van der Waals surface area contributed by atoms with Gasteiger partial charge in [0, 0.05) is 12.3 Å². The van der Waals surface area contributed by atoms with Crippen LogP contribution in [0.2, 0.25) is 0 Å². The first-order valence-electron chi connectivity index (χ1n) is 12.9. The lowest BCUT2D eigenvalue weighted by Crippen LogP contribution is -2.28. The summed E-state index contributed by atoms with van der Waals surface area (Å²) in [6.07, 6.45) is 1.88. The van der Waals surface area contributed by atoms with Gasteiger partial charge in [0.25, 0.3) is 0 Å². The van der Waals surface area contributed by atoms with Crippen LogP contribution in [0.25, 0.3) is 0 Å². The minimum absolute atomic E-state index is 0.0309. The lowest BCUT2D eigenvalue weighted by molar-refractivity contribution is -0.0375. The molecule has 0 aliphatic heterocycles. The van der Waals surface area contributed by atoms with Crippen molar-refractivity contribution in [3.05, 3.63) is 136 Å². The molecule has 3 aromatic carbocycles. The van der Waals surface area contributed by atoms with Crippen molar-refractivity contribution in [2.45, 2.75) is 46.3 Å². The van der Waals surface area contributed by atoms with Gasteiger partial charge in [-0.2, -0.15) is 0 Å². The van der Waals surface area contributed by atoms with Crippen LogP contribution >= 0.6 is 0 Å². The Kier molecular flexibility index (Phi) is 12.0. The fourth-order valence-corrected chi connectivity index (χ4v) is 3.77. The molecule has 4 rings (SSSR count). The van der Waals surface area contributed by atoms with Gasteiger partial charge in [-0.05, 0) is 16.7 Å². The van der Waals surface area contributed by atoms with Crippen LogP contribution in [0.15, 0.2) is 108 Å². The lowest BCUT2D eigenvalue weighted by atomic mass is 10.2. The molecule has 0 saturated heterocycles. The fourth-order valence-electron chi connectivity index (χ4n) is 3.77. The maximum Gasteiger partial charge on any atom is 0.224 e. The van der Waals surface area contributed by atoms with Gasteiger partial charge in [-0.25, -0.2) is 0 Å². The van der Waals surface area contributed by atoms with Gasteiger partial charge in [0.05, 0.1) is 32.5 Å². The zero-order chi connectivity index (χ0) is 27.0. The quantitative estimate of drug-likeness (QED) is 0.203. The summed E-state index contributed by atoms with van der Waals surface area (Å²) in [5.74, 6) is 0.0309. The number of nitrogens with zero attached hydrogens (tertiary/aromatic N) is 1. The molecule has 198 valence electrons. The smallest absolute Gasteiger partial charge is 0.224 e. The Morgan fingerprint density at radius 3 is 1.82 bits per heavy atom. The van der Waals surface area contributed by atoms with E-state index < -0.39 is 0 Å². The van der Waals surface area contributed by atoms with E-state index in [9.17, 15) is 9.59 Å². The molecule has 1 atom stereocenters. The summed E-state index contributed by atoms with van der Waals surface area (Å²) in [4.78, 5) is 24.6. The summed E-state index contributed by atoms with van der Waals surface area (Å²) in [5, 5.41) is 0. The van der Waals surface area contributed by atoms with E-state index >= 15 is 0 Å². The normalized spacial score (nSPS) is 11.2. The Labute approximate surface area is 224 Å². The largest absolute Gasteiger partial charge is 0.483 e. The third-order valence-electron chi connectivity index (χ3n) is 5.65. The van der Waals surface area contributed by atoms with E-state index in [2.05, 4.69) is 0 Å². The summed E-state index contributed by atoms with van der Waals surface area (Å²) in [6.45, 7) is 5.66. The number of carbonyl (C=O) groups excluding carboxylic acids is 1. The maximum atomic E-state index is 12.5. The number of pyridine rings is 1. The third-order valence-corrected chi connectivity index (χ3v) is 5.65. The summed E-state index contributed by atoms with van der Waals surface area (Å²) in [7, 11) is 0. The molecule has 0 N–H and O–H groups in total. The Morgan fingerprint density at radius 1 is 0.737 bits per heavy atom. The third kappa shape index (κ3) is 8.83. The van der Waals surface area contributed by atoms with E-state index in [1.165, 1.54) is 6.07 Å². The predicted molar refractivity (Wildman–Crippen MR) is 149 cm³/mol. The van der Waals surface area contributed by atoms with Crippen LogP contribution in [0.5, 0.6) is 5.75 Å². The highest BCUT2D eigenvalue weighted by Gasteiger charge is 2.17. The molecule has 6 heteroatoms. The zero-order valence-corrected chi connectivity index (χ0v) is 22.0. The van der Waals surface area contributed by atoms with Gasteiger partial charge >= 0.3 is 0 Å². The van der Waals surface area contributed by atoms with E-state index in [0.29, 0.717) is 32.7 Å². The zero-order valence-electron chi connectivity index (χ0n) is 22.0. The monoisotopic (exact) mass is 513 g/mol. The first kappa shape index (κ1) is 28.6. The molecule has 0 fully saturated rings. The van der Waals surface area contributed by atoms with Crippen LogP contribution in [-0.4, -0.2) is 23.6 Å². The number of aromatic nitrogens is 1. The molecule has 6 nitrogen and oxygen atoms in total. The van der Waals surface area contributed by atoms with Crippen LogP contribution in [0.1, 0.15) is 41.0 Å².